The zero-order valence-electron chi connectivity index (χ0n) is 34.3. The largest absolute Gasteiger partial charge is 0.491 e. The van der Waals surface area contributed by atoms with Crippen molar-refractivity contribution in [2.45, 2.75) is 82.5 Å². The number of anilines is 1. The number of halogens is 2. The average molecular weight is 858 g/mol. The first kappa shape index (κ1) is 44.8. The number of rotatable bonds is 20. The van der Waals surface area contributed by atoms with Crippen LogP contribution in [0.2, 0.25) is 5.02 Å². The highest BCUT2D eigenvalue weighted by Crippen LogP contribution is 2.28. The van der Waals surface area contributed by atoms with E-state index in [0.717, 1.165) is 57.8 Å². The van der Waals surface area contributed by atoms with E-state index in [-0.39, 0.29) is 47.4 Å². The van der Waals surface area contributed by atoms with Crippen molar-refractivity contribution >= 4 is 40.9 Å². The third-order valence-electron chi connectivity index (χ3n) is 10.9. The number of hydrogen-bond acceptors (Lipinski definition) is 12. The van der Waals surface area contributed by atoms with Crippen LogP contribution in [0.25, 0.3) is 0 Å². The lowest BCUT2D eigenvalue weighted by Gasteiger charge is -2.34. The van der Waals surface area contributed by atoms with Gasteiger partial charge in [-0.1, -0.05) is 42.6 Å². The Morgan fingerprint density at radius 3 is 2.48 bits per heavy atom. The van der Waals surface area contributed by atoms with E-state index < -0.39 is 5.82 Å². The molecular formula is C44H53ClFN9O6. The van der Waals surface area contributed by atoms with Crippen LogP contribution in [0.4, 0.5) is 10.2 Å². The van der Waals surface area contributed by atoms with Gasteiger partial charge < -0.3 is 35.2 Å². The van der Waals surface area contributed by atoms with E-state index in [9.17, 15) is 18.8 Å². The lowest BCUT2D eigenvalue weighted by Crippen LogP contribution is -2.49. The van der Waals surface area contributed by atoms with Crippen molar-refractivity contribution in [3.63, 3.8) is 0 Å². The number of carbonyl (C=O) groups excluding carboxylic acids is 3. The van der Waals surface area contributed by atoms with Gasteiger partial charge in [-0.3, -0.25) is 19.3 Å². The van der Waals surface area contributed by atoms with E-state index in [1.54, 1.807) is 36.4 Å². The number of carbonyl (C=O) groups is 3. The summed E-state index contributed by atoms with van der Waals surface area (Å²) in [7, 11) is 0. The number of nitriles is 1. The molecule has 1 unspecified atom stereocenters. The number of piperazine rings is 1. The van der Waals surface area contributed by atoms with Crippen LogP contribution in [0, 0.1) is 17.1 Å². The third kappa shape index (κ3) is 13.6. The van der Waals surface area contributed by atoms with Crippen molar-refractivity contribution < 1.29 is 33.1 Å². The second kappa shape index (κ2) is 22.7. The van der Waals surface area contributed by atoms with Crippen LogP contribution in [0.5, 0.6) is 11.5 Å². The third-order valence-corrected chi connectivity index (χ3v) is 11.2. The quantitative estimate of drug-likeness (QED) is 0.0988. The molecule has 2 aliphatic heterocycles. The maximum absolute atomic E-state index is 14.7. The molecule has 0 spiro atoms. The average Bonchev–Trinajstić information content (AvgIpc) is 3.76. The van der Waals surface area contributed by atoms with Crippen molar-refractivity contribution in [2.75, 3.05) is 57.3 Å². The van der Waals surface area contributed by atoms with E-state index in [4.69, 9.17) is 31.2 Å². The number of unbranched alkanes of at least 4 members (excludes halogenated alkanes) is 4. The Labute approximate surface area is 360 Å². The summed E-state index contributed by atoms with van der Waals surface area (Å²) in [5, 5.41) is 30.8. The molecule has 1 atom stereocenters. The molecule has 3 aromatic rings. The highest BCUT2D eigenvalue weighted by Gasteiger charge is 2.26. The van der Waals surface area contributed by atoms with Crippen LogP contribution in [0.15, 0.2) is 66.3 Å². The van der Waals surface area contributed by atoms with Gasteiger partial charge in [-0.2, -0.15) is 5.26 Å². The predicted molar refractivity (Wildman–Crippen MR) is 228 cm³/mol. The van der Waals surface area contributed by atoms with Gasteiger partial charge in [-0.05, 0) is 87.1 Å². The lowest BCUT2D eigenvalue weighted by atomic mass is 9.93. The normalized spacial score (nSPS) is 18.9. The van der Waals surface area contributed by atoms with Gasteiger partial charge in [0.25, 0.3) is 5.91 Å². The second-order valence-corrected chi connectivity index (χ2v) is 15.8. The Bertz CT molecular complexity index is 2050. The summed E-state index contributed by atoms with van der Waals surface area (Å²) in [6.45, 7) is 7.88. The molecule has 2 fully saturated rings. The molecule has 0 radical (unpaired) electrons. The number of hydrogen-bond donors (Lipinski definition) is 3. The zero-order chi connectivity index (χ0) is 43.0. The first-order valence-corrected chi connectivity index (χ1v) is 21.4. The molecule has 3 amide bonds. The monoisotopic (exact) mass is 857 g/mol. The molecule has 3 N–H and O–H groups in total. The van der Waals surface area contributed by atoms with Crippen LogP contribution in [-0.4, -0.2) is 109 Å². The van der Waals surface area contributed by atoms with Crippen LogP contribution in [-0.2, 0) is 14.4 Å². The van der Waals surface area contributed by atoms with Gasteiger partial charge in [-0.25, -0.2) is 4.39 Å². The smallest absolute Gasteiger partial charge is 0.272 e. The SMILES string of the molecule is C=CC(=O)NCC1CC(c2ccc(OCCCCCCCNC(=O)CN3CCN(c4ccc(C(=O)NC5CCC(Oc6ccc(C#N)c(Cl)c6)CC5)nn4)CC3)c(F)c2)=NO1. The molecule has 15 nitrogen and oxygen atoms in total. The van der Waals surface area contributed by atoms with E-state index in [0.29, 0.717) is 92.3 Å². The molecule has 3 heterocycles. The second-order valence-electron chi connectivity index (χ2n) is 15.4. The summed E-state index contributed by atoms with van der Waals surface area (Å²) in [6.07, 6.45) is 9.03. The number of ether oxygens (including phenoxy) is 2. The number of nitrogens with zero attached hydrogens (tertiary/aromatic N) is 6. The van der Waals surface area contributed by atoms with E-state index in [1.807, 2.05) is 12.1 Å². The number of nitrogens with one attached hydrogen (secondary N) is 3. The molecule has 1 aliphatic carbocycles. The fourth-order valence-electron chi connectivity index (χ4n) is 7.41. The van der Waals surface area contributed by atoms with Gasteiger partial charge in [0.2, 0.25) is 11.8 Å². The minimum atomic E-state index is -0.462. The zero-order valence-corrected chi connectivity index (χ0v) is 35.0. The van der Waals surface area contributed by atoms with Gasteiger partial charge in [0.15, 0.2) is 23.1 Å². The van der Waals surface area contributed by atoms with Gasteiger partial charge in [-0.15, -0.1) is 10.2 Å². The van der Waals surface area contributed by atoms with Gasteiger partial charge in [0.1, 0.15) is 17.9 Å². The van der Waals surface area contributed by atoms with Crippen molar-refractivity contribution in [3.05, 3.63) is 88.8 Å². The summed E-state index contributed by atoms with van der Waals surface area (Å²) in [5.74, 6) is 0.527. The maximum atomic E-state index is 14.7. The molecule has 0 bridgehead atoms. The first-order chi connectivity index (χ1) is 29.7. The number of benzene rings is 2. The van der Waals surface area contributed by atoms with Crippen LogP contribution in [0.3, 0.4) is 0 Å². The van der Waals surface area contributed by atoms with Crippen LogP contribution < -0.4 is 30.3 Å². The van der Waals surface area contributed by atoms with E-state index in [1.165, 1.54) is 12.1 Å². The highest BCUT2D eigenvalue weighted by molar-refractivity contribution is 6.31. The minimum Gasteiger partial charge on any atom is -0.491 e. The Kier molecular flexibility index (Phi) is 16.7. The van der Waals surface area contributed by atoms with Crippen LogP contribution in [0.1, 0.15) is 85.8 Å². The molecule has 1 saturated carbocycles. The topological polar surface area (TPSA) is 183 Å². The summed E-state index contributed by atoms with van der Waals surface area (Å²) < 4.78 is 26.5. The fraction of sp³-hybridized carbons (Fsp3) is 0.477. The van der Waals surface area contributed by atoms with Crippen molar-refractivity contribution in [2.24, 2.45) is 5.16 Å². The molecule has 3 aliphatic rings. The van der Waals surface area contributed by atoms with E-state index in [2.05, 4.69) is 47.7 Å². The van der Waals surface area contributed by atoms with Gasteiger partial charge in [0, 0.05) is 56.8 Å². The Morgan fingerprint density at radius 2 is 1.75 bits per heavy atom. The molecular weight excluding hydrogens is 805 g/mol. The minimum absolute atomic E-state index is 0.00615. The number of amides is 3. The maximum Gasteiger partial charge on any atom is 0.272 e. The summed E-state index contributed by atoms with van der Waals surface area (Å²) in [5.41, 5.74) is 1.91. The van der Waals surface area contributed by atoms with Crippen molar-refractivity contribution in [1.82, 2.24) is 31.0 Å². The fourth-order valence-corrected chi connectivity index (χ4v) is 7.62. The van der Waals surface area contributed by atoms with Crippen LogP contribution >= 0.6 is 11.6 Å². The van der Waals surface area contributed by atoms with Gasteiger partial charge in [0.05, 0.1) is 42.1 Å². The number of oxime groups is 1. The van der Waals surface area contributed by atoms with Crippen molar-refractivity contribution in [3.8, 4) is 17.6 Å². The Hall–Kier alpha value is -5.79. The predicted octanol–water partition coefficient (Wildman–Crippen LogP) is 5.32. The summed E-state index contributed by atoms with van der Waals surface area (Å²) >= 11 is 6.13. The molecule has 61 heavy (non-hydrogen) atoms. The lowest BCUT2D eigenvalue weighted by molar-refractivity contribution is -0.122. The Morgan fingerprint density at radius 1 is 0.967 bits per heavy atom. The highest BCUT2D eigenvalue weighted by atomic mass is 35.5. The summed E-state index contributed by atoms with van der Waals surface area (Å²) in [4.78, 5) is 46.5. The molecule has 1 aromatic heterocycles. The van der Waals surface area contributed by atoms with E-state index >= 15 is 0 Å². The number of aromatic nitrogens is 2. The van der Waals surface area contributed by atoms with Gasteiger partial charge >= 0.3 is 0 Å². The first-order valence-electron chi connectivity index (χ1n) is 21.0. The summed E-state index contributed by atoms with van der Waals surface area (Å²) in [6, 6.07) is 15.4. The molecule has 2 aromatic carbocycles. The molecule has 6 rings (SSSR count). The molecule has 324 valence electrons. The standard InChI is InChI=1S/C44H53ClFN9O6/c1-2-42(56)49-28-35-26-39(53-61-35)30-9-16-40(37(46)24-30)59-23-7-5-3-4-6-18-48-43(57)29-54-19-21-55(22-20-54)41-17-15-38(51-52-41)44(58)50-32-10-13-33(14-11-32)60-34-12-8-31(27-47)36(45)25-34/h2,8-9,12,15-17,24-25,32-33,35H,1,3-7,10-11,13-14,18-23,26,28-29H2,(H,48,57)(H,49,56)(H,50,58). The van der Waals surface area contributed by atoms with Crippen molar-refractivity contribution in [1.29, 1.82) is 5.26 Å². The Balaban J connectivity index is 0.774. The molecule has 1 saturated heterocycles. The molecule has 17 heteroatoms.